The number of benzene rings is 1. The zero-order chi connectivity index (χ0) is 22.4. The molecule has 1 aromatic carbocycles. The summed E-state index contributed by atoms with van der Waals surface area (Å²) < 4.78 is 14.5. The quantitative estimate of drug-likeness (QED) is 0.431. The molecule has 0 atom stereocenters. The van der Waals surface area contributed by atoms with E-state index in [0.717, 1.165) is 5.56 Å². The molecule has 0 bridgehead atoms. The lowest BCUT2D eigenvalue weighted by atomic mass is 10.0. The van der Waals surface area contributed by atoms with Crippen molar-refractivity contribution in [2.24, 2.45) is 11.5 Å². The summed E-state index contributed by atoms with van der Waals surface area (Å²) in [5.74, 6) is -0.235. The van der Waals surface area contributed by atoms with Crippen molar-refractivity contribution in [3.05, 3.63) is 77.4 Å². The Bertz CT molecular complexity index is 1170. The van der Waals surface area contributed by atoms with E-state index in [0.29, 0.717) is 41.3 Å². The maximum Gasteiger partial charge on any atom is 0.251 e. The third-order valence-electron chi connectivity index (χ3n) is 4.62. The van der Waals surface area contributed by atoms with E-state index in [-0.39, 0.29) is 16.9 Å². The Morgan fingerprint density at radius 2 is 2.03 bits per heavy atom. The number of halogens is 1. The number of fused-ring (bicyclic) bond motifs is 1. The summed E-state index contributed by atoms with van der Waals surface area (Å²) in [6.07, 6.45) is 6.65. The largest absolute Gasteiger partial charge is 0.404 e. The molecule has 1 amide bonds. The molecule has 0 spiro atoms. The van der Waals surface area contributed by atoms with Gasteiger partial charge in [0, 0.05) is 48.7 Å². The van der Waals surface area contributed by atoms with Crippen LogP contribution >= 0.6 is 0 Å². The molecule has 3 aromatic rings. The highest BCUT2D eigenvalue weighted by Gasteiger charge is 2.15. The average Bonchev–Trinajstić information content (AvgIpc) is 2.78. The molecular weight excluding hydrogens is 397 g/mol. The number of nitrogens with zero attached hydrogens (tertiary/aromatic N) is 3. The number of anilines is 1. The van der Waals surface area contributed by atoms with Crippen LogP contribution in [0.5, 0.6) is 0 Å². The van der Waals surface area contributed by atoms with E-state index in [1.165, 1.54) is 37.9 Å². The van der Waals surface area contributed by atoms with Crippen LogP contribution in [0, 0.1) is 5.82 Å². The second kappa shape index (κ2) is 9.66. The van der Waals surface area contributed by atoms with Crippen molar-refractivity contribution < 1.29 is 9.18 Å². The van der Waals surface area contributed by atoms with Gasteiger partial charge in [-0.1, -0.05) is 6.07 Å². The van der Waals surface area contributed by atoms with Gasteiger partial charge in [-0.05, 0) is 37.1 Å². The van der Waals surface area contributed by atoms with E-state index >= 15 is 0 Å². The Balaban J connectivity index is 1.80. The molecule has 2 heterocycles. The van der Waals surface area contributed by atoms with Gasteiger partial charge in [-0.15, -0.1) is 0 Å². The molecule has 3 rings (SSSR count). The number of allylic oxidation sites excluding steroid dienone is 3. The molecule has 0 aliphatic rings. The lowest BCUT2D eigenvalue weighted by molar-refractivity contribution is 0.0964. The molecule has 8 nitrogen and oxygen atoms in total. The molecule has 31 heavy (non-hydrogen) atoms. The second-order valence-electron chi connectivity index (χ2n) is 6.84. The first-order valence-corrected chi connectivity index (χ1v) is 9.64. The van der Waals surface area contributed by atoms with Gasteiger partial charge in [-0.25, -0.2) is 14.4 Å². The standard InChI is InChI=1S/C22H24FN7O/c1-13(25)9-15(11-24)18-10-19(30-12-29-18)27-7-5-14-3-4-17(23)20-16(22(31)26-2)6-8-28-21(14)20/h3-4,6,8-12H,5,7,24-25H2,1-2H3,(H,26,31)(H,27,29,30)/b13-9-,15-11+. The molecule has 0 aliphatic heterocycles. The molecular formula is C22H24FN7O. The van der Waals surface area contributed by atoms with Gasteiger partial charge in [0.05, 0.1) is 16.8 Å². The average molecular weight is 421 g/mol. The minimum absolute atomic E-state index is 0.213. The number of amides is 1. The van der Waals surface area contributed by atoms with Gasteiger partial charge in [0.2, 0.25) is 0 Å². The number of carbonyl (C=O) groups is 1. The Kier molecular flexibility index (Phi) is 6.76. The molecule has 0 saturated carbocycles. The van der Waals surface area contributed by atoms with E-state index in [4.69, 9.17) is 11.5 Å². The zero-order valence-corrected chi connectivity index (χ0v) is 17.3. The highest BCUT2D eigenvalue weighted by atomic mass is 19.1. The van der Waals surface area contributed by atoms with Crippen molar-refractivity contribution in [2.75, 3.05) is 18.9 Å². The highest BCUT2D eigenvalue weighted by molar-refractivity contribution is 6.06. The zero-order valence-electron chi connectivity index (χ0n) is 17.3. The van der Waals surface area contributed by atoms with Crippen LogP contribution in [0.1, 0.15) is 28.5 Å². The second-order valence-corrected chi connectivity index (χ2v) is 6.84. The SMILES string of the molecule is CNC(=O)c1ccnc2c(CCNc3cc(C(/C=C(/C)N)=C/N)ncn3)ccc(F)c12. The van der Waals surface area contributed by atoms with Gasteiger partial charge >= 0.3 is 0 Å². The molecule has 0 aliphatic carbocycles. The van der Waals surface area contributed by atoms with Gasteiger partial charge in [-0.3, -0.25) is 9.78 Å². The number of nitrogens with one attached hydrogen (secondary N) is 2. The van der Waals surface area contributed by atoms with Gasteiger partial charge in [0.1, 0.15) is 18.0 Å². The Labute approximate surface area is 179 Å². The van der Waals surface area contributed by atoms with E-state index in [1.807, 2.05) is 0 Å². The molecule has 6 N–H and O–H groups in total. The van der Waals surface area contributed by atoms with Crippen LogP contribution < -0.4 is 22.1 Å². The summed E-state index contributed by atoms with van der Waals surface area (Å²) in [6.45, 7) is 2.27. The fourth-order valence-electron chi connectivity index (χ4n) is 3.20. The fraction of sp³-hybridized carbons (Fsp3) is 0.182. The minimum Gasteiger partial charge on any atom is -0.404 e. The third kappa shape index (κ3) is 4.95. The first kappa shape index (κ1) is 21.7. The summed E-state index contributed by atoms with van der Waals surface area (Å²) >= 11 is 0. The number of hydrogen-bond acceptors (Lipinski definition) is 7. The van der Waals surface area contributed by atoms with Crippen LogP contribution in [0.3, 0.4) is 0 Å². The number of aromatic nitrogens is 3. The smallest absolute Gasteiger partial charge is 0.251 e. The highest BCUT2D eigenvalue weighted by Crippen LogP contribution is 2.24. The van der Waals surface area contributed by atoms with Crippen LogP contribution in [0.4, 0.5) is 10.2 Å². The van der Waals surface area contributed by atoms with E-state index < -0.39 is 5.82 Å². The van der Waals surface area contributed by atoms with Crippen molar-refractivity contribution >= 4 is 28.2 Å². The van der Waals surface area contributed by atoms with Crippen molar-refractivity contribution in [1.29, 1.82) is 0 Å². The predicted molar refractivity (Wildman–Crippen MR) is 119 cm³/mol. The summed E-state index contributed by atoms with van der Waals surface area (Å²) in [4.78, 5) is 24.9. The summed E-state index contributed by atoms with van der Waals surface area (Å²) in [5, 5.41) is 5.97. The van der Waals surface area contributed by atoms with Crippen molar-refractivity contribution in [1.82, 2.24) is 20.3 Å². The van der Waals surface area contributed by atoms with E-state index in [1.54, 1.807) is 25.1 Å². The van der Waals surface area contributed by atoms with Crippen LogP contribution in [0.2, 0.25) is 0 Å². The number of pyridine rings is 1. The minimum atomic E-state index is -0.483. The van der Waals surface area contributed by atoms with Crippen LogP contribution in [0.25, 0.3) is 16.5 Å². The third-order valence-corrected chi connectivity index (χ3v) is 4.62. The van der Waals surface area contributed by atoms with Crippen molar-refractivity contribution in [2.45, 2.75) is 13.3 Å². The molecule has 0 radical (unpaired) electrons. The number of carbonyl (C=O) groups excluding carboxylic acids is 1. The molecule has 0 saturated heterocycles. The maximum absolute atomic E-state index is 14.5. The lowest BCUT2D eigenvalue weighted by Crippen LogP contribution is -2.18. The normalized spacial score (nSPS) is 12.1. The van der Waals surface area contributed by atoms with Crippen LogP contribution in [-0.4, -0.2) is 34.5 Å². The topological polar surface area (TPSA) is 132 Å². The van der Waals surface area contributed by atoms with Gasteiger partial charge in [-0.2, -0.15) is 0 Å². The number of nitrogens with two attached hydrogens (primary N) is 2. The molecule has 160 valence electrons. The summed E-state index contributed by atoms with van der Waals surface area (Å²) in [6, 6.07) is 6.31. The Morgan fingerprint density at radius 3 is 2.74 bits per heavy atom. The van der Waals surface area contributed by atoms with Crippen LogP contribution in [-0.2, 0) is 6.42 Å². The lowest BCUT2D eigenvalue weighted by Gasteiger charge is -2.11. The van der Waals surface area contributed by atoms with Gasteiger partial charge in [0.25, 0.3) is 5.91 Å². The number of hydrogen-bond donors (Lipinski definition) is 4. The Morgan fingerprint density at radius 1 is 1.23 bits per heavy atom. The maximum atomic E-state index is 14.5. The van der Waals surface area contributed by atoms with E-state index in [9.17, 15) is 9.18 Å². The first-order chi connectivity index (χ1) is 14.9. The van der Waals surface area contributed by atoms with E-state index in [2.05, 4.69) is 25.6 Å². The Hall–Kier alpha value is -4.01. The predicted octanol–water partition coefficient (Wildman–Crippen LogP) is 2.34. The van der Waals surface area contributed by atoms with Crippen molar-refractivity contribution in [3.63, 3.8) is 0 Å². The summed E-state index contributed by atoms with van der Waals surface area (Å²) in [7, 11) is 1.51. The monoisotopic (exact) mass is 421 g/mol. The van der Waals surface area contributed by atoms with Crippen molar-refractivity contribution in [3.8, 4) is 0 Å². The molecule has 9 heteroatoms. The fourth-order valence-corrected chi connectivity index (χ4v) is 3.20. The molecule has 0 unspecified atom stereocenters. The first-order valence-electron chi connectivity index (χ1n) is 9.64. The molecule has 0 fully saturated rings. The molecule has 2 aromatic heterocycles. The van der Waals surface area contributed by atoms with Gasteiger partial charge < -0.3 is 22.1 Å². The number of rotatable bonds is 7. The summed E-state index contributed by atoms with van der Waals surface area (Å²) in [5.41, 5.74) is 14.9. The van der Waals surface area contributed by atoms with Gasteiger partial charge in [0.15, 0.2) is 0 Å². The van der Waals surface area contributed by atoms with Crippen LogP contribution in [0.15, 0.2) is 54.8 Å².